The number of nitrogens with zero attached hydrogens (tertiary/aromatic N) is 1. The fourth-order valence-corrected chi connectivity index (χ4v) is 3.26. The predicted octanol–water partition coefficient (Wildman–Crippen LogP) is 2.66. The van der Waals surface area contributed by atoms with E-state index in [-0.39, 0.29) is 18.4 Å². The van der Waals surface area contributed by atoms with Crippen molar-refractivity contribution in [3.63, 3.8) is 0 Å². The fraction of sp³-hybridized carbons (Fsp3) is 0.333. The minimum atomic E-state index is -0.115. The van der Waals surface area contributed by atoms with Gasteiger partial charge in [-0.15, -0.1) is 0 Å². The van der Waals surface area contributed by atoms with Crippen molar-refractivity contribution >= 4 is 23.2 Å². The van der Waals surface area contributed by atoms with Crippen molar-refractivity contribution in [1.82, 2.24) is 4.90 Å². The summed E-state index contributed by atoms with van der Waals surface area (Å²) in [6.45, 7) is 2.90. The lowest BCUT2D eigenvalue weighted by Crippen LogP contribution is -2.39. The molecular formula is C21H25N3O4. The van der Waals surface area contributed by atoms with Crippen LogP contribution in [-0.2, 0) is 22.6 Å². The van der Waals surface area contributed by atoms with Crippen LogP contribution in [0.4, 0.5) is 11.4 Å². The van der Waals surface area contributed by atoms with Crippen LogP contribution in [0, 0.1) is 0 Å². The number of hydrogen-bond acceptors (Lipinski definition) is 5. The van der Waals surface area contributed by atoms with Crippen molar-refractivity contribution in [3.8, 4) is 11.5 Å². The highest BCUT2D eigenvalue weighted by molar-refractivity contribution is 5.89. The molecule has 28 heavy (non-hydrogen) atoms. The molecule has 0 aliphatic carbocycles. The lowest BCUT2D eigenvalue weighted by molar-refractivity contribution is -0.130. The maximum absolute atomic E-state index is 12.6. The minimum absolute atomic E-state index is 0.0337. The van der Waals surface area contributed by atoms with Gasteiger partial charge in [0, 0.05) is 31.4 Å². The minimum Gasteiger partial charge on any atom is -0.493 e. The molecule has 2 aromatic rings. The molecule has 2 N–H and O–H groups in total. The standard InChI is InChI=1S/C21H25N3O4/c1-14(25)23-18-6-4-17(5-7-18)22-12-21(26)24-9-8-15-10-19(27-2)20(28-3)11-16(15)13-24/h4-7,10-11,22H,8-9,12-13H2,1-3H3,(H,23,25). The molecule has 0 saturated heterocycles. The van der Waals surface area contributed by atoms with Crippen LogP contribution >= 0.6 is 0 Å². The van der Waals surface area contributed by atoms with Gasteiger partial charge in [-0.25, -0.2) is 0 Å². The summed E-state index contributed by atoms with van der Waals surface area (Å²) in [7, 11) is 3.23. The first-order valence-electron chi connectivity index (χ1n) is 9.13. The normalized spacial score (nSPS) is 12.8. The number of hydrogen-bond donors (Lipinski definition) is 2. The molecule has 0 radical (unpaired) electrons. The summed E-state index contributed by atoms with van der Waals surface area (Å²) >= 11 is 0. The molecule has 7 heteroatoms. The van der Waals surface area contributed by atoms with Crippen molar-refractivity contribution in [2.75, 3.05) is 37.9 Å². The van der Waals surface area contributed by atoms with Crippen molar-refractivity contribution in [1.29, 1.82) is 0 Å². The molecule has 1 aliphatic rings. The second-order valence-electron chi connectivity index (χ2n) is 6.65. The quantitative estimate of drug-likeness (QED) is 0.802. The zero-order chi connectivity index (χ0) is 20.1. The van der Waals surface area contributed by atoms with Gasteiger partial charge in [0.15, 0.2) is 11.5 Å². The van der Waals surface area contributed by atoms with Crippen LogP contribution in [-0.4, -0.2) is 44.0 Å². The molecule has 1 heterocycles. The molecule has 1 aliphatic heterocycles. The lowest BCUT2D eigenvalue weighted by atomic mass is 9.98. The third-order valence-corrected chi connectivity index (χ3v) is 4.72. The van der Waals surface area contributed by atoms with Crippen molar-refractivity contribution in [2.24, 2.45) is 0 Å². The first kappa shape index (κ1) is 19.5. The first-order chi connectivity index (χ1) is 13.5. The van der Waals surface area contributed by atoms with E-state index in [1.54, 1.807) is 26.4 Å². The van der Waals surface area contributed by atoms with Crippen molar-refractivity contribution in [3.05, 3.63) is 47.5 Å². The second kappa shape index (κ2) is 8.65. The highest BCUT2D eigenvalue weighted by Crippen LogP contribution is 2.33. The molecule has 2 aromatic carbocycles. The van der Waals surface area contributed by atoms with Crippen LogP contribution in [0.5, 0.6) is 11.5 Å². The summed E-state index contributed by atoms with van der Waals surface area (Å²) in [6.07, 6.45) is 0.785. The Bertz CT molecular complexity index is 865. The van der Waals surface area contributed by atoms with E-state index in [4.69, 9.17) is 9.47 Å². The number of benzene rings is 2. The van der Waals surface area contributed by atoms with Gasteiger partial charge in [-0.05, 0) is 53.9 Å². The van der Waals surface area contributed by atoms with Crippen LogP contribution in [0.1, 0.15) is 18.1 Å². The monoisotopic (exact) mass is 383 g/mol. The number of methoxy groups -OCH3 is 2. The first-order valence-corrected chi connectivity index (χ1v) is 9.13. The van der Waals surface area contributed by atoms with Gasteiger partial charge in [0.25, 0.3) is 0 Å². The Hall–Kier alpha value is -3.22. The zero-order valence-electron chi connectivity index (χ0n) is 16.4. The van der Waals surface area contributed by atoms with E-state index in [1.807, 2.05) is 29.2 Å². The number of rotatable bonds is 6. The molecular weight excluding hydrogens is 358 g/mol. The van der Waals surface area contributed by atoms with Gasteiger partial charge in [-0.3, -0.25) is 9.59 Å². The SMILES string of the molecule is COc1cc2c(cc1OC)CN(C(=O)CNc1ccc(NC(C)=O)cc1)CC2. The Morgan fingerprint density at radius 2 is 1.61 bits per heavy atom. The molecule has 2 amide bonds. The number of amides is 2. The van der Waals surface area contributed by atoms with Crippen LogP contribution in [0.25, 0.3) is 0 Å². The summed E-state index contributed by atoms with van der Waals surface area (Å²) < 4.78 is 10.7. The maximum atomic E-state index is 12.6. The fourth-order valence-electron chi connectivity index (χ4n) is 3.26. The van der Waals surface area contributed by atoms with Crippen molar-refractivity contribution < 1.29 is 19.1 Å². The highest BCUT2D eigenvalue weighted by atomic mass is 16.5. The van der Waals surface area contributed by atoms with E-state index in [9.17, 15) is 9.59 Å². The maximum Gasteiger partial charge on any atom is 0.242 e. The zero-order valence-corrected chi connectivity index (χ0v) is 16.4. The van der Waals surface area contributed by atoms with Gasteiger partial charge in [0.05, 0.1) is 20.8 Å². The molecule has 0 saturated carbocycles. The Morgan fingerprint density at radius 1 is 1.00 bits per heavy atom. The molecule has 3 rings (SSSR count). The topological polar surface area (TPSA) is 79.9 Å². The lowest BCUT2D eigenvalue weighted by Gasteiger charge is -2.30. The number of carbonyl (C=O) groups excluding carboxylic acids is 2. The molecule has 0 spiro atoms. The number of nitrogens with one attached hydrogen (secondary N) is 2. The van der Waals surface area contributed by atoms with Gasteiger partial charge in [-0.1, -0.05) is 0 Å². The van der Waals surface area contributed by atoms with Gasteiger partial charge in [0.2, 0.25) is 11.8 Å². The van der Waals surface area contributed by atoms with Gasteiger partial charge in [-0.2, -0.15) is 0 Å². The molecule has 0 unspecified atom stereocenters. The third-order valence-electron chi connectivity index (χ3n) is 4.72. The molecule has 0 bridgehead atoms. The summed E-state index contributed by atoms with van der Waals surface area (Å²) in [5.74, 6) is 1.31. The number of ether oxygens (including phenoxy) is 2. The Morgan fingerprint density at radius 3 is 2.21 bits per heavy atom. The molecule has 7 nitrogen and oxygen atoms in total. The number of carbonyl (C=O) groups is 2. The average molecular weight is 383 g/mol. The molecule has 0 fully saturated rings. The van der Waals surface area contributed by atoms with Gasteiger partial charge < -0.3 is 25.0 Å². The smallest absolute Gasteiger partial charge is 0.242 e. The summed E-state index contributed by atoms with van der Waals surface area (Å²) in [5.41, 5.74) is 3.81. The Labute approximate surface area is 164 Å². The largest absolute Gasteiger partial charge is 0.493 e. The van der Waals surface area contributed by atoms with Crippen LogP contribution in [0.3, 0.4) is 0 Å². The Kier molecular flexibility index (Phi) is 6.03. The van der Waals surface area contributed by atoms with E-state index in [0.29, 0.717) is 24.6 Å². The summed E-state index contributed by atoms with van der Waals surface area (Å²) in [4.78, 5) is 25.5. The molecule has 0 atom stereocenters. The van der Waals surface area contributed by atoms with E-state index < -0.39 is 0 Å². The number of anilines is 2. The second-order valence-corrected chi connectivity index (χ2v) is 6.65. The van der Waals surface area contributed by atoms with Gasteiger partial charge in [0.1, 0.15) is 0 Å². The highest BCUT2D eigenvalue weighted by Gasteiger charge is 2.22. The van der Waals surface area contributed by atoms with E-state index in [1.165, 1.54) is 12.5 Å². The van der Waals surface area contributed by atoms with Crippen LogP contribution in [0.2, 0.25) is 0 Å². The average Bonchev–Trinajstić information content (AvgIpc) is 2.71. The van der Waals surface area contributed by atoms with Crippen LogP contribution in [0.15, 0.2) is 36.4 Å². The number of fused-ring (bicyclic) bond motifs is 1. The van der Waals surface area contributed by atoms with E-state index in [0.717, 1.165) is 23.4 Å². The summed E-state index contributed by atoms with van der Waals surface area (Å²) in [6, 6.07) is 11.2. The third kappa shape index (κ3) is 4.54. The molecule has 0 aromatic heterocycles. The van der Waals surface area contributed by atoms with E-state index >= 15 is 0 Å². The van der Waals surface area contributed by atoms with Crippen LogP contribution < -0.4 is 20.1 Å². The van der Waals surface area contributed by atoms with E-state index in [2.05, 4.69) is 10.6 Å². The van der Waals surface area contributed by atoms with Crippen molar-refractivity contribution in [2.45, 2.75) is 19.9 Å². The molecule has 148 valence electrons. The van der Waals surface area contributed by atoms with Gasteiger partial charge >= 0.3 is 0 Å². The predicted molar refractivity (Wildman–Crippen MR) is 108 cm³/mol. The Balaban J connectivity index is 1.59. The summed E-state index contributed by atoms with van der Waals surface area (Å²) in [5, 5.41) is 5.85.